The van der Waals surface area contributed by atoms with Crippen LogP contribution < -0.4 is 4.74 Å². The molecule has 58 valence electrons. The van der Waals surface area contributed by atoms with Gasteiger partial charge in [0.1, 0.15) is 4.60 Å². The lowest BCUT2D eigenvalue weighted by Crippen LogP contribution is -2.02. The second kappa shape index (κ2) is 3.34. The second-order valence-electron chi connectivity index (χ2n) is 1.68. The number of carboxylic acid groups (broad SMARTS) is 1. The zero-order valence-corrected chi connectivity index (χ0v) is 6.91. The van der Waals surface area contributed by atoms with E-state index in [0.29, 0.717) is 4.60 Å². The molecule has 0 bridgehead atoms. The quantitative estimate of drug-likeness (QED) is 0.577. The van der Waals surface area contributed by atoms with Crippen LogP contribution in [-0.2, 0) is 0 Å². The number of rotatable bonds is 1. The van der Waals surface area contributed by atoms with Crippen LogP contribution in [0, 0.1) is 0 Å². The maximum absolute atomic E-state index is 9.99. The van der Waals surface area contributed by atoms with E-state index in [9.17, 15) is 4.79 Å². The van der Waals surface area contributed by atoms with E-state index >= 15 is 0 Å². The monoisotopic (exact) mass is 217 g/mol. The summed E-state index contributed by atoms with van der Waals surface area (Å²) in [6.07, 6.45) is -0.0211. The summed E-state index contributed by atoms with van der Waals surface area (Å²) in [7, 11) is 0. The van der Waals surface area contributed by atoms with Crippen molar-refractivity contribution >= 4 is 22.1 Å². The highest BCUT2D eigenvalue weighted by Crippen LogP contribution is 2.12. The van der Waals surface area contributed by atoms with Gasteiger partial charge in [0.2, 0.25) is 0 Å². The van der Waals surface area contributed by atoms with Crippen LogP contribution in [0.3, 0.4) is 0 Å². The van der Waals surface area contributed by atoms with E-state index in [1.54, 1.807) is 6.07 Å². The maximum Gasteiger partial charge on any atom is 0.511 e. The number of pyridine rings is 1. The first kappa shape index (κ1) is 8.00. The number of ether oxygens (including phenoxy) is 1. The normalized spacial score (nSPS) is 9.18. The fourth-order valence-electron chi connectivity index (χ4n) is 0.523. The smallest absolute Gasteiger partial charge is 0.449 e. The summed E-state index contributed by atoms with van der Waals surface area (Å²) in [5, 5.41) is 8.17. The predicted octanol–water partition coefficient (Wildman–Crippen LogP) is 1.90. The molecule has 1 aromatic heterocycles. The summed E-state index contributed by atoms with van der Waals surface area (Å²) in [5.41, 5.74) is 0. The first-order valence-electron chi connectivity index (χ1n) is 2.71. The summed E-state index contributed by atoms with van der Waals surface area (Å²) < 4.78 is 4.94. The Morgan fingerprint density at radius 2 is 2.36 bits per heavy atom. The van der Waals surface area contributed by atoms with Gasteiger partial charge in [-0.15, -0.1) is 0 Å². The highest BCUT2D eigenvalue weighted by atomic mass is 79.9. The molecule has 0 aliphatic heterocycles. The molecule has 0 unspecified atom stereocenters. The van der Waals surface area contributed by atoms with Gasteiger partial charge in [0.05, 0.1) is 6.20 Å². The number of hydrogen-bond donors (Lipinski definition) is 1. The van der Waals surface area contributed by atoms with Gasteiger partial charge < -0.3 is 9.84 Å². The summed E-state index contributed by atoms with van der Waals surface area (Å²) in [6.45, 7) is 0. The lowest BCUT2D eigenvalue weighted by molar-refractivity contribution is 0.144. The van der Waals surface area contributed by atoms with E-state index < -0.39 is 6.16 Å². The lowest BCUT2D eigenvalue weighted by Gasteiger charge is -1.96. The summed E-state index contributed by atoms with van der Waals surface area (Å²) in [5.74, 6) is 0.209. The van der Waals surface area contributed by atoms with Crippen molar-refractivity contribution in [2.24, 2.45) is 0 Å². The van der Waals surface area contributed by atoms with Crippen LogP contribution in [0.1, 0.15) is 0 Å². The summed E-state index contributed by atoms with van der Waals surface area (Å²) in [4.78, 5) is 13.8. The Morgan fingerprint density at radius 3 is 2.82 bits per heavy atom. The molecule has 0 aliphatic carbocycles. The van der Waals surface area contributed by atoms with E-state index in [2.05, 4.69) is 25.7 Å². The minimum atomic E-state index is -1.34. The largest absolute Gasteiger partial charge is 0.511 e. The molecule has 11 heavy (non-hydrogen) atoms. The SMILES string of the molecule is O=C(O)Oc1ccc(Br)nc1. The molecular weight excluding hydrogens is 214 g/mol. The Hall–Kier alpha value is -1.10. The highest BCUT2D eigenvalue weighted by molar-refractivity contribution is 9.10. The molecular formula is C6H4BrNO3. The molecule has 1 aromatic rings. The van der Waals surface area contributed by atoms with Crippen LogP contribution in [0.4, 0.5) is 4.79 Å². The number of halogens is 1. The van der Waals surface area contributed by atoms with E-state index in [1.807, 2.05) is 0 Å². The summed E-state index contributed by atoms with van der Waals surface area (Å²) >= 11 is 3.10. The Kier molecular flexibility index (Phi) is 2.43. The lowest BCUT2D eigenvalue weighted by atomic mass is 10.5. The number of carbonyl (C=O) groups is 1. The van der Waals surface area contributed by atoms with Crippen molar-refractivity contribution in [3.63, 3.8) is 0 Å². The maximum atomic E-state index is 9.99. The third kappa shape index (κ3) is 2.55. The molecule has 0 radical (unpaired) electrons. The number of nitrogens with zero attached hydrogens (tertiary/aromatic N) is 1. The third-order valence-corrected chi connectivity index (χ3v) is 1.37. The molecule has 4 nitrogen and oxygen atoms in total. The van der Waals surface area contributed by atoms with E-state index in [4.69, 9.17) is 5.11 Å². The van der Waals surface area contributed by atoms with Crippen molar-refractivity contribution in [1.82, 2.24) is 4.98 Å². The average Bonchev–Trinajstić information content (AvgIpc) is 1.93. The Balaban J connectivity index is 2.74. The van der Waals surface area contributed by atoms with Gasteiger partial charge in [0.15, 0.2) is 5.75 Å². The second-order valence-corrected chi connectivity index (χ2v) is 2.50. The highest BCUT2D eigenvalue weighted by Gasteiger charge is 1.99. The molecule has 0 atom stereocenters. The fourth-order valence-corrected chi connectivity index (χ4v) is 0.758. The first-order valence-corrected chi connectivity index (χ1v) is 3.50. The Labute approximate surface area is 71.0 Å². The molecule has 0 aliphatic rings. The van der Waals surface area contributed by atoms with Gasteiger partial charge in [-0.1, -0.05) is 0 Å². The van der Waals surface area contributed by atoms with Crippen molar-refractivity contribution in [1.29, 1.82) is 0 Å². The molecule has 1 N–H and O–H groups in total. The van der Waals surface area contributed by atoms with E-state index in [1.165, 1.54) is 12.3 Å². The Bertz CT molecular complexity index is 259. The van der Waals surface area contributed by atoms with E-state index in [-0.39, 0.29) is 5.75 Å². The molecule has 0 amide bonds. The van der Waals surface area contributed by atoms with Crippen molar-refractivity contribution < 1.29 is 14.6 Å². The first-order chi connectivity index (χ1) is 5.18. The number of aromatic nitrogens is 1. The van der Waals surface area contributed by atoms with Gasteiger partial charge in [-0.3, -0.25) is 0 Å². The van der Waals surface area contributed by atoms with Crippen LogP contribution in [0.15, 0.2) is 22.9 Å². The Morgan fingerprint density at radius 1 is 1.64 bits per heavy atom. The van der Waals surface area contributed by atoms with Gasteiger partial charge >= 0.3 is 6.16 Å². The van der Waals surface area contributed by atoms with Crippen LogP contribution in [-0.4, -0.2) is 16.2 Å². The van der Waals surface area contributed by atoms with Gasteiger partial charge in [-0.25, -0.2) is 9.78 Å². The van der Waals surface area contributed by atoms with Crippen LogP contribution in [0.5, 0.6) is 5.75 Å². The molecule has 1 rings (SSSR count). The molecule has 5 heteroatoms. The standard InChI is InChI=1S/C6H4BrNO3/c7-5-2-1-4(3-8-5)11-6(9)10/h1-3H,(H,9,10). The summed E-state index contributed by atoms with van der Waals surface area (Å²) in [6, 6.07) is 3.10. The molecule has 0 aromatic carbocycles. The molecule has 0 saturated heterocycles. The molecule has 0 fully saturated rings. The minimum Gasteiger partial charge on any atom is -0.449 e. The van der Waals surface area contributed by atoms with Crippen LogP contribution >= 0.6 is 15.9 Å². The van der Waals surface area contributed by atoms with E-state index in [0.717, 1.165) is 0 Å². The van der Waals surface area contributed by atoms with Crippen molar-refractivity contribution in [3.8, 4) is 5.75 Å². The average molecular weight is 218 g/mol. The van der Waals surface area contributed by atoms with Gasteiger partial charge in [0.25, 0.3) is 0 Å². The number of hydrogen-bond acceptors (Lipinski definition) is 3. The zero-order valence-electron chi connectivity index (χ0n) is 5.32. The van der Waals surface area contributed by atoms with Crippen molar-refractivity contribution in [3.05, 3.63) is 22.9 Å². The zero-order chi connectivity index (χ0) is 8.27. The topological polar surface area (TPSA) is 59.4 Å². The van der Waals surface area contributed by atoms with Gasteiger partial charge in [0, 0.05) is 0 Å². The molecule has 1 heterocycles. The predicted molar refractivity (Wildman–Crippen MR) is 40.6 cm³/mol. The third-order valence-electron chi connectivity index (χ3n) is 0.905. The van der Waals surface area contributed by atoms with Crippen molar-refractivity contribution in [2.45, 2.75) is 0 Å². The van der Waals surface area contributed by atoms with Gasteiger partial charge in [-0.05, 0) is 28.1 Å². The molecule has 0 saturated carbocycles. The van der Waals surface area contributed by atoms with Crippen LogP contribution in [0.25, 0.3) is 0 Å². The molecule has 0 spiro atoms. The van der Waals surface area contributed by atoms with Crippen molar-refractivity contribution in [2.75, 3.05) is 0 Å². The minimum absolute atomic E-state index is 0.209. The van der Waals surface area contributed by atoms with Gasteiger partial charge in [-0.2, -0.15) is 0 Å². The van der Waals surface area contributed by atoms with Crippen LogP contribution in [0.2, 0.25) is 0 Å². The fraction of sp³-hybridized carbons (Fsp3) is 0.